The van der Waals surface area contributed by atoms with Gasteiger partial charge in [0, 0.05) is 26.2 Å². The summed E-state index contributed by atoms with van der Waals surface area (Å²) in [5.74, 6) is 0.144. The van der Waals surface area contributed by atoms with Crippen LogP contribution < -0.4 is 10.1 Å². The summed E-state index contributed by atoms with van der Waals surface area (Å²) in [6, 6.07) is 6.81. The average molecular weight is 286 g/mol. The second-order valence-corrected chi connectivity index (χ2v) is 6.43. The number of sulfonamides is 1. The molecule has 0 saturated heterocycles. The normalized spacial score (nSPS) is 11.4. The van der Waals surface area contributed by atoms with Gasteiger partial charge in [-0.15, -0.1) is 0 Å². The lowest BCUT2D eigenvalue weighted by atomic mass is 10.3. The molecular formula is C12H18N2O4S. The number of carbonyl (C=O) groups is 1. The van der Waals surface area contributed by atoms with Crippen molar-refractivity contribution < 1.29 is 17.9 Å². The van der Waals surface area contributed by atoms with Gasteiger partial charge in [0.25, 0.3) is 0 Å². The van der Waals surface area contributed by atoms with Crippen LogP contribution in [-0.4, -0.2) is 45.6 Å². The molecule has 0 radical (unpaired) electrons. The van der Waals surface area contributed by atoms with E-state index in [2.05, 4.69) is 5.32 Å². The topological polar surface area (TPSA) is 75.7 Å². The summed E-state index contributed by atoms with van der Waals surface area (Å²) < 4.78 is 29.1. The Labute approximate surface area is 113 Å². The Morgan fingerprint density at radius 3 is 2.32 bits per heavy atom. The molecule has 0 heterocycles. The van der Waals surface area contributed by atoms with E-state index >= 15 is 0 Å². The largest absolute Gasteiger partial charge is 0.497 e. The molecule has 0 bridgehead atoms. The number of carbonyl (C=O) groups excluding carboxylic acids is 1. The zero-order valence-corrected chi connectivity index (χ0v) is 12.0. The Kier molecular flexibility index (Phi) is 5.31. The van der Waals surface area contributed by atoms with Crippen LogP contribution in [0, 0.1) is 0 Å². The lowest BCUT2D eigenvalue weighted by Gasteiger charge is -2.11. The average Bonchev–Trinajstić information content (AvgIpc) is 2.37. The molecule has 0 aliphatic carbocycles. The van der Waals surface area contributed by atoms with Crippen molar-refractivity contribution in [2.24, 2.45) is 0 Å². The summed E-state index contributed by atoms with van der Waals surface area (Å²) in [5.41, 5.74) is 0.605. The van der Waals surface area contributed by atoms with Crippen LogP contribution in [0.3, 0.4) is 0 Å². The summed E-state index contributed by atoms with van der Waals surface area (Å²) in [6.07, 6.45) is -0.0768. The summed E-state index contributed by atoms with van der Waals surface area (Å²) in [5, 5.41) is 2.63. The van der Waals surface area contributed by atoms with Crippen molar-refractivity contribution in [1.82, 2.24) is 4.31 Å². The number of nitrogens with one attached hydrogen (secondary N) is 1. The highest BCUT2D eigenvalue weighted by Gasteiger charge is 2.15. The molecule has 106 valence electrons. The molecule has 0 aliphatic rings. The van der Waals surface area contributed by atoms with Gasteiger partial charge in [0.15, 0.2) is 0 Å². The van der Waals surface area contributed by atoms with Gasteiger partial charge in [-0.25, -0.2) is 12.7 Å². The number of amides is 1. The maximum Gasteiger partial charge on any atom is 0.225 e. The number of hydrogen-bond acceptors (Lipinski definition) is 4. The molecule has 1 N–H and O–H groups in total. The van der Waals surface area contributed by atoms with E-state index in [0.29, 0.717) is 11.4 Å². The highest BCUT2D eigenvalue weighted by atomic mass is 32.2. The molecule has 0 saturated carbocycles. The maximum absolute atomic E-state index is 11.6. The molecule has 0 atom stereocenters. The van der Waals surface area contributed by atoms with E-state index < -0.39 is 10.0 Å². The number of nitrogens with zero attached hydrogens (tertiary/aromatic N) is 1. The third-order valence-corrected chi connectivity index (χ3v) is 4.35. The highest BCUT2D eigenvalue weighted by Crippen LogP contribution is 2.15. The number of ether oxygens (including phenoxy) is 1. The fraction of sp³-hybridized carbons (Fsp3) is 0.417. The van der Waals surface area contributed by atoms with E-state index in [0.717, 1.165) is 4.31 Å². The van der Waals surface area contributed by atoms with Crippen molar-refractivity contribution >= 4 is 21.6 Å². The van der Waals surface area contributed by atoms with Crippen molar-refractivity contribution in [3.05, 3.63) is 24.3 Å². The molecule has 1 rings (SSSR count). The van der Waals surface area contributed by atoms with Crippen molar-refractivity contribution in [3.8, 4) is 5.75 Å². The van der Waals surface area contributed by atoms with E-state index in [9.17, 15) is 13.2 Å². The smallest absolute Gasteiger partial charge is 0.225 e. The van der Waals surface area contributed by atoms with Gasteiger partial charge in [-0.1, -0.05) is 0 Å². The number of anilines is 1. The predicted octanol–water partition coefficient (Wildman–Crippen LogP) is 0.915. The molecule has 19 heavy (non-hydrogen) atoms. The van der Waals surface area contributed by atoms with Gasteiger partial charge in [0.1, 0.15) is 5.75 Å². The summed E-state index contributed by atoms with van der Waals surface area (Å²) in [7, 11) is 1.09. The van der Waals surface area contributed by atoms with Crippen LogP contribution in [0.5, 0.6) is 5.75 Å². The molecule has 1 aromatic carbocycles. The van der Waals surface area contributed by atoms with Crippen molar-refractivity contribution in [2.75, 3.05) is 32.3 Å². The molecule has 1 amide bonds. The first-order valence-electron chi connectivity index (χ1n) is 5.69. The van der Waals surface area contributed by atoms with Gasteiger partial charge in [0.2, 0.25) is 15.9 Å². The molecule has 1 aromatic rings. The molecule has 0 spiro atoms. The molecule has 6 nitrogen and oxygen atoms in total. The van der Waals surface area contributed by atoms with Crippen LogP contribution in [0.4, 0.5) is 5.69 Å². The van der Waals surface area contributed by atoms with Gasteiger partial charge >= 0.3 is 0 Å². The molecule has 0 aliphatic heterocycles. The minimum absolute atomic E-state index is 0.0768. The summed E-state index contributed by atoms with van der Waals surface area (Å²) >= 11 is 0. The molecule has 0 fully saturated rings. The van der Waals surface area contributed by atoms with Crippen molar-refractivity contribution in [2.45, 2.75) is 6.42 Å². The van der Waals surface area contributed by atoms with Crippen molar-refractivity contribution in [1.29, 1.82) is 0 Å². The van der Waals surface area contributed by atoms with Crippen LogP contribution in [0.25, 0.3) is 0 Å². The highest BCUT2D eigenvalue weighted by molar-refractivity contribution is 7.89. The maximum atomic E-state index is 11.6. The fourth-order valence-electron chi connectivity index (χ4n) is 1.30. The number of benzene rings is 1. The lowest BCUT2D eigenvalue weighted by molar-refractivity contribution is -0.115. The fourth-order valence-corrected chi connectivity index (χ4v) is 2.11. The monoisotopic (exact) mass is 286 g/mol. The second-order valence-electron chi connectivity index (χ2n) is 4.13. The zero-order valence-electron chi connectivity index (χ0n) is 11.2. The molecule has 0 unspecified atom stereocenters. The van der Waals surface area contributed by atoms with Gasteiger partial charge in [-0.2, -0.15) is 0 Å². The molecule has 7 heteroatoms. The Morgan fingerprint density at radius 1 is 1.26 bits per heavy atom. The van der Waals surface area contributed by atoms with Gasteiger partial charge in [0.05, 0.1) is 12.9 Å². The van der Waals surface area contributed by atoms with Crippen LogP contribution in [0.15, 0.2) is 24.3 Å². The van der Waals surface area contributed by atoms with Gasteiger partial charge < -0.3 is 10.1 Å². The Morgan fingerprint density at radius 2 is 1.84 bits per heavy atom. The minimum Gasteiger partial charge on any atom is -0.497 e. The lowest BCUT2D eigenvalue weighted by Crippen LogP contribution is -2.27. The van der Waals surface area contributed by atoms with E-state index in [1.165, 1.54) is 14.1 Å². The Balaban J connectivity index is 2.51. The van der Waals surface area contributed by atoms with Gasteiger partial charge in [-0.05, 0) is 24.3 Å². The third kappa shape index (κ3) is 4.88. The van der Waals surface area contributed by atoms with Crippen LogP contribution in [-0.2, 0) is 14.8 Å². The third-order valence-electron chi connectivity index (χ3n) is 2.52. The predicted molar refractivity (Wildman–Crippen MR) is 73.7 cm³/mol. The van der Waals surface area contributed by atoms with E-state index in [1.807, 2.05) is 0 Å². The van der Waals surface area contributed by atoms with Gasteiger partial charge in [-0.3, -0.25) is 4.79 Å². The molecular weight excluding hydrogens is 268 g/mol. The summed E-state index contributed by atoms with van der Waals surface area (Å²) in [6.45, 7) is 0. The minimum atomic E-state index is -3.34. The number of rotatable bonds is 6. The van der Waals surface area contributed by atoms with Crippen LogP contribution >= 0.6 is 0 Å². The van der Waals surface area contributed by atoms with Crippen LogP contribution in [0.1, 0.15) is 6.42 Å². The Hall–Kier alpha value is -1.60. The van der Waals surface area contributed by atoms with E-state index in [-0.39, 0.29) is 18.1 Å². The quantitative estimate of drug-likeness (QED) is 0.843. The number of methoxy groups -OCH3 is 1. The first-order chi connectivity index (χ1) is 8.85. The van der Waals surface area contributed by atoms with Crippen molar-refractivity contribution in [3.63, 3.8) is 0 Å². The standard InChI is InChI=1S/C12H18N2O4S/c1-14(2)19(16,17)9-8-12(15)13-10-4-6-11(18-3)7-5-10/h4-7H,8-9H2,1-3H3,(H,13,15). The molecule has 0 aromatic heterocycles. The van der Waals surface area contributed by atoms with E-state index in [1.54, 1.807) is 31.4 Å². The number of hydrogen-bond donors (Lipinski definition) is 1. The second kappa shape index (κ2) is 6.53. The first-order valence-corrected chi connectivity index (χ1v) is 7.30. The summed E-state index contributed by atoms with van der Waals surface area (Å²) in [4.78, 5) is 11.6. The van der Waals surface area contributed by atoms with E-state index in [4.69, 9.17) is 4.74 Å². The van der Waals surface area contributed by atoms with Crippen LogP contribution in [0.2, 0.25) is 0 Å². The SMILES string of the molecule is COc1ccc(NC(=O)CCS(=O)(=O)N(C)C)cc1. The first kappa shape index (κ1) is 15.5. The Bertz CT molecular complexity index is 523. The zero-order chi connectivity index (χ0) is 14.5.